The molecule has 0 bridgehead atoms. The highest BCUT2D eigenvalue weighted by Gasteiger charge is 2.22. The summed E-state index contributed by atoms with van der Waals surface area (Å²) in [6.07, 6.45) is 0. The third-order valence-electron chi connectivity index (χ3n) is 8.65. The molecule has 0 amide bonds. The predicted molar refractivity (Wildman–Crippen MR) is 186 cm³/mol. The molecule has 0 spiro atoms. The summed E-state index contributed by atoms with van der Waals surface area (Å²) in [4.78, 5) is 14.1. The minimum absolute atomic E-state index is 0.430. The maximum atomic E-state index is 8.15. The number of aromatic nitrogens is 3. The molecule has 0 aliphatic heterocycles. The summed E-state index contributed by atoms with van der Waals surface area (Å²) in [6, 6.07) is 49.2. The fourth-order valence-electron chi connectivity index (χ4n) is 6.62. The van der Waals surface area contributed by atoms with Crippen LogP contribution >= 0.6 is 0 Å². The van der Waals surface area contributed by atoms with E-state index in [2.05, 4.69) is 70.1 Å². The van der Waals surface area contributed by atoms with Gasteiger partial charge in [-0.3, -0.25) is 0 Å². The largest absolute Gasteiger partial charge is 0.456 e. The van der Waals surface area contributed by atoms with Gasteiger partial charge in [-0.2, -0.15) is 0 Å². The Balaban J connectivity index is 1.33. The highest BCUT2D eigenvalue weighted by atomic mass is 16.3. The Morgan fingerprint density at radius 1 is 0.543 bits per heavy atom. The maximum absolute atomic E-state index is 8.15. The standard InChI is InChI=1S/C41H24N4O/c1-42-40-38(26-13-4-2-5-14-26)43-41(44-39(40)27-15-6-3-7-16-27)31-19-12-22-36-37(31)32-25-28(23-24-35(32)46-36)45-33-20-10-8-17-29(33)30-18-9-11-21-34(30)45/h2-25H. The van der Waals surface area contributed by atoms with Crippen molar-refractivity contribution in [3.63, 3.8) is 0 Å². The van der Waals surface area contributed by atoms with E-state index in [1.807, 2.05) is 84.9 Å². The third-order valence-corrected chi connectivity index (χ3v) is 8.65. The van der Waals surface area contributed by atoms with Gasteiger partial charge in [0, 0.05) is 32.8 Å². The molecule has 9 rings (SSSR count). The minimum Gasteiger partial charge on any atom is -0.456 e. The zero-order chi connectivity index (χ0) is 30.6. The molecule has 214 valence electrons. The second kappa shape index (κ2) is 10.3. The molecule has 0 N–H and O–H groups in total. The summed E-state index contributed by atoms with van der Waals surface area (Å²) >= 11 is 0. The molecule has 3 heterocycles. The lowest BCUT2D eigenvalue weighted by Crippen LogP contribution is -1.97. The van der Waals surface area contributed by atoms with Crippen molar-refractivity contribution in [2.45, 2.75) is 0 Å². The van der Waals surface area contributed by atoms with Crippen molar-refractivity contribution in [2.75, 3.05) is 0 Å². The van der Waals surface area contributed by atoms with E-state index < -0.39 is 0 Å². The van der Waals surface area contributed by atoms with Crippen molar-refractivity contribution in [1.29, 1.82) is 0 Å². The maximum Gasteiger partial charge on any atom is 0.238 e. The van der Waals surface area contributed by atoms with Gasteiger partial charge in [-0.25, -0.2) is 14.8 Å². The summed E-state index contributed by atoms with van der Waals surface area (Å²) in [6.45, 7) is 8.15. The monoisotopic (exact) mass is 588 g/mol. The molecule has 0 aliphatic rings. The molecule has 3 aromatic heterocycles. The van der Waals surface area contributed by atoms with E-state index in [1.165, 1.54) is 10.8 Å². The normalized spacial score (nSPS) is 11.5. The zero-order valence-electron chi connectivity index (χ0n) is 24.6. The Bertz CT molecular complexity index is 2530. The zero-order valence-corrected chi connectivity index (χ0v) is 24.6. The third kappa shape index (κ3) is 3.94. The van der Waals surface area contributed by atoms with Gasteiger partial charge in [0.2, 0.25) is 5.69 Å². The van der Waals surface area contributed by atoms with E-state index in [4.69, 9.17) is 21.0 Å². The van der Waals surface area contributed by atoms with E-state index >= 15 is 0 Å². The first-order chi connectivity index (χ1) is 22.8. The van der Waals surface area contributed by atoms with Crippen molar-refractivity contribution in [1.82, 2.24) is 14.5 Å². The lowest BCUT2D eigenvalue weighted by atomic mass is 10.0. The summed E-state index contributed by atoms with van der Waals surface area (Å²) in [5, 5.41) is 4.34. The molecule has 5 nitrogen and oxygen atoms in total. The highest BCUT2D eigenvalue weighted by Crippen LogP contribution is 2.42. The topological polar surface area (TPSA) is 48.2 Å². The average Bonchev–Trinajstić information content (AvgIpc) is 3.67. The van der Waals surface area contributed by atoms with Gasteiger partial charge in [-0.1, -0.05) is 109 Å². The van der Waals surface area contributed by atoms with Crippen LogP contribution in [-0.2, 0) is 0 Å². The van der Waals surface area contributed by atoms with Crippen molar-refractivity contribution in [2.24, 2.45) is 0 Å². The smallest absolute Gasteiger partial charge is 0.238 e. The van der Waals surface area contributed by atoms with Crippen LogP contribution in [0.15, 0.2) is 150 Å². The van der Waals surface area contributed by atoms with E-state index in [0.717, 1.165) is 55.3 Å². The molecule has 5 heteroatoms. The Morgan fingerprint density at radius 2 is 1.13 bits per heavy atom. The van der Waals surface area contributed by atoms with Gasteiger partial charge < -0.3 is 8.98 Å². The molecule has 0 saturated carbocycles. The first-order valence-corrected chi connectivity index (χ1v) is 15.1. The first-order valence-electron chi connectivity index (χ1n) is 15.1. The van der Waals surface area contributed by atoms with Crippen LogP contribution in [0.1, 0.15) is 0 Å². The average molecular weight is 589 g/mol. The Labute approximate surface area is 264 Å². The van der Waals surface area contributed by atoms with E-state index in [-0.39, 0.29) is 0 Å². The minimum atomic E-state index is 0.430. The quantitative estimate of drug-likeness (QED) is 0.192. The molecule has 0 unspecified atom stereocenters. The molecular weight excluding hydrogens is 564 g/mol. The molecule has 0 fully saturated rings. The lowest BCUT2D eigenvalue weighted by Gasteiger charge is -2.13. The van der Waals surface area contributed by atoms with Crippen LogP contribution in [0.2, 0.25) is 0 Å². The molecule has 9 aromatic rings. The fourth-order valence-corrected chi connectivity index (χ4v) is 6.62. The van der Waals surface area contributed by atoms with Gasteiger partial charge in [0.15, 0.2) is 5.82 Å². The number of nitrogens with zero attached hydrogens (tertiary/aromatic N) is 4. The van der Waals surface area contributed by atoms with Crippen LogP contribution in [0.4, 0.5) is 5.69 Å². The summed E-state index contributed by atoms with van der Waals surface area (Å²) in [5.74, 6) is 0.542. The molecule has 6 aromatic carbocycles. The van der Waals surface area contributed by atoms with Gasteiger partial charge >= 0.3 is 0 Å². The lowest BCUT2D eigenvalue weighted by molar-refractivity contribution is 0.669. The van der Waals surface area contributed by atoms with Crippen LogP contribution in [0.25, 0.3) is 88.2 Å². The molecular formula is C41H24N4O. The molecule has 0 aliphatic carbocycles. The molecule has 46 heavy (non-hydrogen) atoms. The Kier molecular flexibility index (Phi) is 5.81. The van der Waals surface area contributed by atoms with E-state index in [1.54, 1.807) is 0 Å². The van der Waals surface area contributed by atoms with Crippen molar-refractivity contribution >= 4 is 49.4 Å². The Hall–Kier alpha value is -6.51. The molecule has 0 atom stereocenters. The predicted octanol–water partition coefficient (Wildman–Crippen LogP) is 11.0. The number of para-hydroxylation sites is 2. The number of hydrogen-bond acceptors (Lipinski definition) is 3. The van der Waals surface area contributed by atoms with Gasteiger partial charge in [0.1, 0.15) is 11.2 Å². The first kappa shape index (κ1) is 25.9. The fraction of sp³-hybridized carbons (Fsp3) is 0. The number of rotatable bonds is 4. The number of benzene rings is 6. The van der Waals surface area contributed by atoms with Crippen LogP contribution in [0.3, 0.4) is 0 Å². The van der Waals surface area contributed by atoms with Crippen molar-refractivity contribution in [3.8, 4) is 39.6 Å². The van der Waals surface area contributed by atoms with Crippen LogP contribution in [-0.4, -0.2) is 14.5 Å². The van der Waals surface area contributed by atoms with Gasteiger partial charge in [-0.05, 0) is 47.5 Å². The van der Waals surface area contributed by atoms with Crippen LogP contribution in [0.5, 0.6) is 0 Å². The molecule has 0 radical (unpaired) electrons. The second-order valence-electron chi connectivity index (χ2n) is 11.3. The Morgan fingerprint density at radius 3 is 1.74 bits per heavy atom. The highest BCUT2D eigenvalue weighted by molar-refractivity contribution is 6.14. The number of hydrogen-bond donors (Lipinski definition) is 0. The second-order valence-corrected chi connectivity index (χ2v) is 11.3. The van der Waals surface area contributed by atoms with Gasteiger partial charge in [-0.15, -0.1) is 0 Å². The van der Waals surface area contributed by atoms with Crippen molar-refractivity contribution < 1.29 is 4.42 Å². The van der Waals surface area contributed by atoms with Crippen molar-refractivity contribution in [3.05, 3.63) is 157 Å². The van der Waals surface area contributed by atoms with E-state index in [9.17, 15) is 0 Å². The van der Waals surface area contributed by atoms with Gasteiger partial charge in [0.05, 0.1) is 29.0 Å². The van der Waals surface area contributed by atoms with Crippen LogP contribution < -0.4 is 0 Å². The van der Waals surface area contributed by atoms with E-state index in [0.29, 0.717) is 22.9 Å². The summed E-state index contributed by atoms with van der Waals surface area (Å²) in [5.41, 5.74) is 9.11. The van der Waals surface area contributed by atoms with Crippen LogP contribution in [0, 0.1) is 6.57 Å². The summed E-state index contributed by atoms with van der Waals surface area (Å²) < 4.78 is 8.74. The molecule has 0 saturated heterocycles. The number of fused-ring (bicyclic) bond motifs is 6. The number of furan rings is 1. The van der Waals surface area contributed by atoms with Gasteiger partial charge in [0.25, 0.3) is 0 Å². The SMILES string of the molecule is [C-]#[N+]c1c(-c2ccccc2)nc(-c2cccc3oc4ccc(-n5c6ccccc6c6ccccc65)cc4c23)nc1-c1ccccc1. The summed E-state index contributed by atoms with van der Waals surface area (Å²) in [7, 11) is 0.